The minimum absolute atomic E-state index is 0.0393. The van der Waals surface area contributed by atoms with Gasteiger partial charge in [-0.2, -0.15) is 0 Å². The molecule has 2 saturated heterocycles. The Bertz CT molecular complexity index is 785. The quantitative estimate of drug-likeness (QED) is 0.659. The number of morpholine rings is 1. The average molecular weight is 397 g/mol. The zero-order chi connectivity index (χ0) is 19.5. The highest BCUT2D eigenvalue weighted by molar-refractivity contribution is 7.89. The molecule has 2 aliphatic rings. The molecule has 2 heterocycles. The van der Waals surface area contributed by atoms with Gasteiger partial charge in [-0.05, 0) is 49.5 Å². The Balaban J connectivity index is 1.84. The molecule has 2 aliphatic heterocycles. The minimum atomic E-state index is -3.89. The number of hydrogen-bond acceptors (Lipinski definition) is 6. The van der Waals surface area contributed by atoms with Gasteiger partial charge in [-0.15, -0.1) is 0 Å². The van der Waals surface area contributed by atoms with Gasteiger partial charge in [-0.3, -0.25) is 4.79 Å². The van der Waals surface area contributed by atoms with Crippen molar-refractivity contribution in [3.63, 3.8) is 0 Å². The summed E-state index contributed by atoms with van der Waals surface area (Å²) < 4.78 is 28.9. The first kappa shape index (κ1) is 20.1. The molecule has 0 aromatic heterocycles. The van der Waals surface area contributed by atoms with Crippen molar-refractivity contribution in [2.45, 2.75) is 24.7 Å². The van der Waals surface area contributed by atoms with Crippen LogP contribution in [0.3, 0.4) is 0 Å². The summed E-state index contributed by atoms with van der Waals surface area (Å²) in [6, 6.07) is 4.48. The van der Waals surface area contributed by atoms with Crippen LogP contribution in [0.1, 0.15) is 30.1 Å². The topological polar surface area (TPSA) is 114 Å². The number of piperidine rings is 1. The second-order valence-electron chi connectivity index (χ2n) is 7.57. The van der Waals surface area contributed by atoms with E-state index >= 15 is 0 Å². The summed E-state index contributed by atoms with van der Waals surface area (Å²) in [6.07, 6.45) is 1.97. The molecule has 8 nitrogen and oxygen atoms in total. The fraction of sp³-hybridized carbons (Fsp3) is 0.611. The summed E-state index contributed by atoms with van der Waals surface area (Å²) >= 11 is 0. The molecular formula is C18H28N4O4S. The van der Waals surface area contributed by atoms with Crippen molar-refractivity contribution in [2.75, 3.05) is 50.8 Å². The first-order chi connectivity index (χ1) is 12.8. The Morgan fingerprint density at radius 3 is 2.59 bits per heavy atom. The normalized spacial score (nSPS) is 20.3. The van der Waals surface area contributed by atoms with E-state index in [4.69, 9.17) is 9.88 Å². The summed E-state index contributed by atoms with van der Waals surface area (Å²) in [5, 5.41) is 11.6. The van der Waals surface area contributed by atoms with Crippen LogP contribution < -0.4 is 20.7 Å². The van der Waals surface area contributed by atoms with Crippen LogP contribution in [0.4, 0.5) is 5.69 Å². The number of carbonyl (C=O) groups excluding carboxylic acids is 1. The first-order valence-corrected chi connectivity index (χ1v) is 10.8. The van der Waals surface area contributed by atoms with Gasteiger partial charge in [0.15, 0.2) is 0 Å². The van der Waals surface area contributed by atoms with Crippen LogP contribution in [-0.2, 0) is 14.8 Å². The van der Waals surface area contributed by atoms with Gasteiger partial charge in [0, 0.05) is 25.3 Å². The van der Waals surface area contributed by atoms with Crippen molar-refractivity contribution in [1.29, 1.82) is 0 Å². The average Bonchev–Trinajstić information content (AvgIpc) is 2.66. The van der Waals surface area contributed by atoms with Gasteiger partial charge in [-0.1, -0.05) is 6.92 Å². The molecule has 150 valence electrons. The third-order valence-corrected chi connectivity index (χ3v) is 6.29. The number of primary sulfonamides is 1. The Kier molecular flexibility index (Phi) is 6.05. The molecule has 0 saturated carbocycles. The molecule has 27 heavy (non-hydrogen) atoms. The molecule has 0 radical (unpaired) electrons. The Morgan fingerprint density at radius 1 is 1.30 bits per heavy atom. The number of nitrogens with zero attached hydrogens (tertiary/aromatic N) is 1. The van der Waals surface area contributed by atoms with Gasteiger partial charge < -0.3 is 20.3 Å². The van der Waals surface area contributed by atoms with Gasteiger partial charge in [0.05, 0.1) is 23.7 Å². The summed E-state index contributed by atoms with van der Waals surface area (Å²) in [5.74, 6) is -0.276. The lowest BCUT2D eigenvalue weighted by atomic mass is 9.81. The van der Waals surface area contributed by atoms with Crippen molar-refractivity contribution in [3.8, 4) is 0 Å². The van der Waals surface area contributed by atoms with Crippen molar-refractivity contribution in [3.05, 3.63) is 23.8 Å². The molecule has 1 amide bonds. The second kappa shape index (κ2) is 8.14. The zero-order valence-electron chi connectivity index (χ0n) is 15.7. The molecule has 4 N–H and O–H groups in total. The van der Waals surface area contributed by atoms with E-state index in [0.29, 0.717) is 44.1 Å². The van der Waals surface area contributed by atoms with E-state index in [1.807, 2.05) is 4.90 Å². The smallest absolute Gasteiger partial charge is 0.253 e. The molecule has 0 atom stereocenters. The number of ether oxygens (including phenoxy) is 1. The van der Waals surface area contributed by atoms with Crippen LogP contribution in [0, 0.1) is 5.41 Å². The highest BCUT2D eigenvalue weighted by Gasteiger charge is 2.28. The monoisotopic (exact) mass is 396 g/mol. The van der Waals surface area contributed by atoms with Crippen molar-refractivity contribution in [2.24, 2.45) is 10.6 Å². The molecule has 0 spiro atoms. The van der Waals surface area contributed by atoms with Crippen LogP contribution >= 0.6 is 0 Å². The summed E-state index contributed by atoms with van der Waals surface area (Å²) in [6.45, 7) is 7.04. The van der Waals surface area contributed by atoms with Gasteiger partial charge in [-0.25, -0.2) is 13.6 Å². The zero-order valence-corrected chi connectivity index (χ0v) is 16.5. The van der Waals surface area contributed by atoms with Crippen LogP contribution in [0.5, 0.6) is 0 Å². The lowest BCUT2D eigenvalue weighted by Gasteiger charge is -2.34. The molecule has 3 rings (SSSR count). The highest BCUT2D eigenvalue weighted by Crippen LogP contribution is 2.28. The largest absolute Gasteiger partial charge is 0.378 e. The fourth-order valence-electron chi connectivity index (χ4n) is 3.55. The number of rotatable bonds is 5. The van der Waals surface area contributed by atoms with Crippen LogP contribution in [-0.4, -0.2) is 60.3 Å². The summed E-state index contributed by atoms with van der Waals surface area (Å²) in [5.41, 5.74) is 1.08. The number of nitrogens with two attached hydrogens (primary N) is 1. The van der Waals surface area contributed by atoms with E-state index in [-0.39, 0.29) is 16.2 Å². The van der Waals surface area contributed by atoms with E-state index in [2.05, 4.69) is 17.6 Å². The van der Waals surface area contributed by atoms with E-state index in [9.17, 15) is 13.2 Å². The van der Waals surface area contributed by atoms with Crippen molar-refractivity contribution < 1.29 is 17.9 Å². The predicted octanol–water partition coefficient (Wildman–Crippen LogP) is 0.290. The minimum Gasteiger partial charge on any atom is -0.378 e. The standard InChI is InChI=1S/C18H28N4O4S/c1-18(4-6-20-7-5-18)13-21-17(23)15-12-14(27(19,24)25)2-3-16(15)22-8-10-26-11-9-22/h2-3,12,20H,4-11,13H2,1H3,(H,21,23)(H2,19,24,25). The molecule has 0 aliphatic carbocycles. The summed E-state index contributed by atoms with van der Waals surface area (Å²) in [7, 11) is -3.89. The number of hydrogen-bond donors (Lipinski definition) is 3. The maximum Gasteiger partial charge on any atom is 0.253 e. The molecule has 1 aromatic rings. The van der Waals surface area contributed by atoms with E-state index < -0.39 is 10.0 Å². The molecule has 2 fully saturated rings. The van der Waals surface area contributed by atoms with Gasteiger partial charge in [0.2, 0.25) is 10.0 Å². The maximum atomic E-state index is 13.0. The maximum absolute atomic E-state index is 13.0. The summed E-state index contributed by atoms with van der Waals surface area (Å²) in [4.78, 5) is 14.9. The van der Waals surface area contributed by atoms with Crippen LogP contribution in [0.2, 0.25) is 0 Å². The number of benzene rings is 1. The SMILES string of the molecule is CC1(CNC(=O)c2cc(S(N)(=O)=O)ccc2N2CCOCC2)CCNCC1. The Labute approximate surface area is 160 Å². The lowest BCUT2D eigenvalue weighted by Crippen LogP contribution is -2.43. The molecule has 0 bridgehead atoms. The number of sulfonamides is 1. The van der Waals surface area contributed by atoms with Gasteiger partial charge in [0.25, 0.3) is 5.91 Å². The van der Waals surface area contributed by atoms with Crippen molar-refractivity contribution in [1.82, 2.24) is 10.6 Å². The van der Waals surface area contributed by atoms with E-state index in [0.717, 1.165) is 25.9 Å². The third kappa shape index (κ3) is 4.98. The second-order valence-corrected chi connectivity index (χ2v) is 9.13. The highest BCUT2D eigenvalue weighted by atomic mass is 32.2. The van der Waals surface area contributed by atoms with Crippen LogP contribution in [0.25, 0.3) is 0 Å². The number of anilines is 1. The van der Waals surface area contributed by atoms with Crippen LogP contribution in [0.15, 0.2) is 23.1 Å². The third-order valence-electron chi connectivity index (χ3n) is 5.38. The first-order valence-electron chi connectivity index (χ1n) is 9.27. The van der Waals surface area contributed by atoms with Gasteiger partial charge >= 0.3 is 0 Å². The molecule has 9 heteroatoms. The lowest BCUT2D eigenvalue weighted by molar-refractivity contribution is 0.0920. The van der Waals surface area contributed by atoms with E-state index in [1.165, 1.54) is 12.1 Å². The molecule has 1 aromatic carbocycles. The number of nitrogens with one attached hydrogen (secondary N) is 2. The molecular weight excluding hydrogens is 368 g/mol. The Morgan fingerprint density at radius 2 is 1.96 bits per heavy atom. The van der Waals surface area contributed by atoms with Crippen molar-refractivity contribution >= 4 is 21.6 Å². The van der Waals surface area contributed by atoms with Gasteiger partial charge in [0.1, 0.15) is 0 Å². The van der Waals surface area contributed by atoms with E-state index in [1.54, 1.807) is 6.07 Å². The molecule has 0 unspecified atom stereocenters. The fourth-order valence-corrected chi connectivity index (χ4v) is 4.09. The number of carbonyl (C=O) groups is 1. The Hall–Kier alpha value is -1.68. The number of amides is 1. The predicted molar refractivity (Wildman–Crippen MR) is 103 cm³/mol.